The number of carbonyl (C=O) groups is 3. The van der Waals surface area contributed by atoms with Gasteiger partial charge in [0, 0.05) is 38.3 Å². The van der Waals surface area contributed by atoms with Gasteiger partial charge in [0.15, 0.2) is 0 Å². The monoisotopic (exact) mass is 888 g/mol. The predicted molar refractivity (Wildman–Crippen MR) is 264 cm³/mol. The highest BCUT2D eigenvalue weighted by molar-refractivity contribution is 5.93. The molecule has 1 aromatic heterocycles. The van der Waals surface area contributed by atoms with Crippen molar-refractivity contribution in [3.8, 4) is 0 Å². The maximum absolute atomic E-state index is 12.9. The maximum atomic E-state index is 12.9. The van der Waals surface area contributed by atoms with E-state index in [0.29, 0.717) is 38.1 Å². The molecule has 1 amide bonds. The van der Waals surface area contributed by atoms with Crippen LogP contribution in [-0.4, -0.2) is 77.8 Å². The van der Waals surface area contributed by atoms with E-state index in [0.717, 1.165) is 129 Å². The fourth-order valence-electron chi connectivity index (χ4n) is 8.53. The van der Waals surface area contributed by atoms with Crippen molar-refractivity contribution in [1.82, 2.24) is 15.2 Å². The van der Waals surface area contributed by atoms with Crippen LogP contribution in [0, 0.1) is 0 Å². The van der Waals surface area contributed by atoms with Crippen molar-refractivity contribution < 1.29 is 29.0 Å². The number of ether oxygens (including phenoxy) is 2. The molecule has 0 spiro atoms. The Morgan fingerprint density at radius 2 is 1.03 bits per heavy atom. The standard InChI is InChI=1S/C54H101N3O6/c1-4-7-10-13-16-17-18-24-35-46-62-52(59)39-31-26-34-45-57(48-50(58)36-27-25-32-42-56-54(61)49-41-43-55-47-49)44-33-23-19-22-30-40-53(60)63-51(37-28-20-14-11-8-5-2)38-29-21-15-12-9-6-3/h41,43,47,50-51,55,58H,4-40,42,44-46,48H2,1-3H3,(H,56,61). The lowest BCUT2D eigenvalue weighted by Crippen LogP contribution is -2.34. The molecule has 0 fully saturated rings. The number of hydrogen-bond donors (Lipinski definition) is 3. The number of unbranched alkanes of at least 4 members (excludes halogenated alkanes) is 26. The Labute approximate surface area is 388 Å². The van der Waals surface area contributed by atoms with Crippen LogP contribution in [0.4, 0.5) is 0 Å². The summed E-state index contributed by atoms with van der Waals surface area (Å²) in [5.74, 6) is -0.132. The largest absolute Gasteiger partial charge is 0.466 e. The second-order valence-electron chi connectivity index (χ2n) is 18.8. The number of hydrogen-bond acceptors (Lipinski definition) is 7. The first kappa shape index (κ1) is 58.6. The Kier molecular flexibility index (Phi) is 41.7. The van der Waals surface area contributed by atoms with Gasteiger partial charge in [0.1, 0.15) is 6.10 Å². The third-order valence-electron chi connectivity index (χ3n) is 12.6. The molecule has 1 heterocycles. The molecule has 368 valence electrons. The lowest BCUT2D eigenvalue weighted by molar-refractivity contribution is -0.150. The maximum Gasteiger partial charge on any atom is 0.306 e. The Morgan fingerprint density at radius 3 is 1.59 bits per heavy atom. The highest BCUT2D eigenvalue weighted by Crippen LogP contribution is 2.19. The number of nitrogens with one attached hydrogen (secondary N) is 2. The summed E-state index contributed by atoms with van der Waals surface area (Å²) in [5.41, 5.74) is 0.649. The molecule has 0 aliphatic carbocycles. The lowest BCUT2D eigenvalue weighted by Gasteiger charge is -2.25. The number of aliphatic hydroxyl groups is 1. The van der Waals surface area contributed by atoms with E-state index in [2.05, 4.69) is 36.0 Å². The van der Waals surface area contributed by atoms with Crippen LogP contribution in [0.2, 0.25) is 0 Å². The van der Waals surface area contributed by atoms with Crippen LogP contribution in [0.15, 0.2) is 18.5 Å². The first-order valence-electron chi connectivity index (χ1n) is 27.1. The zero-order valence-corrected chi connectivity index (χ0v) is 41.5. The topological polar surface area (TPSA) is 121 Å². The van der Waals surface area contributed by atoms with E-state index in [4.69, 9.17) is 9.47 Å². The van der Waals surface area contributed by atoms with Crippen LogP contribution in [0.25, 0.3) is 0 Å². The van der Waals surface area contributed by atoms with Gasteiger partial charge in [-0.05, 0) is 89.8 Å². The summed E-state index contributed by atoms with van der Waals surface area (Å²) in [6.07, 6.45) is 44.3. The minimum atomic E-state index is -0.382. The van der Waals surface area contributed by atoms with Gasteiger partial charge < -0.3 is 29.8 Å². The molecule has 1 atom stereocenters. The van der Waals surface area contributed by atoms with E-state index in [9.17, 15) is 19.5 Å². The highest BCUT2D eigenvalue weighted by atomic mass is 16.5. The van der Waals surface area contributed by atoms with Crippen LogP contribution in [0.5, 0.6) is 0 Å². The number of H-pyrrole nitrogens is 1. The number of aromatic amines is 1. The number of rotatable bonds is 48. The summed E-state index contributed by atoms with van der Waals surface area (Å²) in [7, 11) is 0. The van der Waals surface area contributed by atoms with Gasteiger partial charge >= 0.3 is 11.9 Å². The molecular weight excluding hydrogens is 787 g/mol. The molecule has 0 aliphatic rings. The van der Waals surface area contributed by atoms with E-state index in [1.54, 1.807) is 18.5 Å². The van der Waals surface area contributed by atoms with E-state index in [1.165, 1.54) is 109 Å². The van der Waals surface area contributed by atoms with Crippen LogP contribution in [0.1, 0.15) is 269 Å². The molecule has 3 N–H and O–H groups in total. The SMILES string of the molecule is CCCCCCCCCCCOC(=O)CCCCCN(CCCCCCCC(=O)OC(CCCCCCCC)CCCCCCCC)CC(O)CCCCCNC(=O)c1cc[nH]c1. The van der Waals surface area contributed by atoms with Crippen LogP contribution in [-0.2, 0) is 19.1 Å². The molecule has 0 radical (unpaired) electrons. The number of amides is 1. The second-order valence-corrected chi connectivity index (χ2v) is 18.8. The molecular formula is C54H101N3O6. The van der Waals surface area contributed by atoms with E-state index in [1.807, 2.05) is 0 Å². The second kappa shape index (κ2) is 44.8. The molecule has 1 unspecified atom stereocenters. The first-order valence-corrected chi connectivity index (χ1v) is 27.1. The molecule has 0 aliphatic heterocycles. The molecule has 0 saturated carbocycles. The van der Waals surface area contributed by atoms with Gasteiger partial charge in [0.05, 0.1) is 18.3 Å². The summed E-state index contributed by atoms with van der Waals surface area (Å²) in [5, 5.41) is 14.0. The Balaban J connectivity index is 2.40. The van der Waals surface area contributed by atoms with Crippen LogP contribution in [0.3, 0.4) is 0 Å². The van der Waals surface area contributed by atoms with E-state index < -0.39 is 0 Å². The van der Waals surface area contributed by atoms with Crippen molar-refractivity contribution in [3.63, 3.8) is 0 Å². The zero-order valence-electron chi connectivity index (χ0n) is 41.5. The minimum Gasteiger partial charge on any atom is -0.466 e. The predicted octanol–water partition coefficient (Wildman–Crippen LogP) is 14.4. The first-order chi connectivity index (χ1) is 30.9. The molecule has 0 aromatic carbocycles. The average molecular weight is 888 g/mol. The number of aromatic nitrogens is 1. The molecule has 63 heavy (non-hydrogen) atoms. The van der Waals surface area contributed by atoms with Crippen molar-refractivity contribution in [2.75, 3.05) is 32.8 Å². The zero-order chi connectivity index (χ0) is 45.7. The van der Waals surface area contributed by atoms with Gasteiger partial charge in [-0.15, -0.1) is 0 Å². The van der Waals surface area contributed by atoms with Gasteiger partial charge in [-0.2, -0.15) is 0 Å². The van der Waals surface area contributed by atoms with Crippen LogP contribution >= 0.6 is 0 Å². The minimum absolute atomic E-state index is 0.00866. The molecule has 0 bridgehead atoms. The molecule has 9 heteroatoms. The fraction of sp³-hybridized carbons (Fsp3) is 0.870. The van der Waals surface area contributed by atoms with E-state index in [-0.39, 0.29) is 30.1 Å². The van der Waals surface area contributed by atoms with Crippen LogP contribution < -0.4 is 5.32 Å². The smallest absolute Gasteiger partial charge is 0.306 e. The summed E-state index contributed by atoms with van der Waals surface area (Å²) in [4.78, 5) is 42.7. The van der Waals surface area contributed by atoms with Crippen molar-refractivity contribution in [3.05, 3.63) is 24.0 Å². The number of esters is 2. The van der Waals surface area contributed by atoms with Crippen molar-refractivity contribution >= 4 is 17.8 Å². The normalized spacial score (nSPS) is 12.0. The molecule has 1 aromatic rings. The summed E-state index contributed by atoms with van der Waals surface area (Å²) in [6, 6.07) is 1.77. The van der Waals surface area contributed by atoms with Crippen molar-refractivity contribution in [2.45, 2.75) is 271 Å². The van der Waals surface area contributed by atoms with Gasteiger partial charge in [-0.1, -0.05) is 175 Å². The Bertz CT molecular complexity index is 1130. The highest BCUT2D eigenvalue weighted by Gasteiger charge is 2.15. The molecule has 1 rings (SSSR count). The van der Waals surface area contributed by atoms with Crippen molar-refractivity contribution in [1.29, 1.82) is 0 Å². The Morgan fingerprint density at radius 1 is 0.571 bits per heavy atom. The number of nitrogens with zero attached hydrogens (tertiary/aromatic N) is 1. The summed E-state index contributed by atoms with van der Waals surface area (Å²) in [6.45, 7) is 10.5. The summed E-state index contributed by atoms with van der Waals surface area (Å²) >= 11 is 0. The third kappa shape index (κ3) is 38.6. The molecule has 0 saturated heterocycles. The lowest BCUT2D eigenvalue weighted by atomic mass is 10.0. The molecule has 9 nitrogen and oxygen atoms in total. The van der Waals surface area contributed by atoms with E-state index >= 15 is 0 Å². The van der Waals surface area contributed by atoms with Gasteiger partial charge in [-0.3, -0.25) is 14.4 Å². The number of aliphatic hydroxyl groups excluding tert-OH is 1. The number of carbonyl (C=O) groups excluding carboxylic acids is 3. The van der Waals surface area contributed by atoms with Crippen molar-refractivity contribution in [2.24, 2.45) is 0 Å². The van der Waals surface area contributed by atoms with Gasteiger partial charge in [-0.25, -0.2) is 0 Å². The quantitative estimate of drug-likeness (QED) is 0.0440. The van der Waals surface area contributed by atoms with Gasteiger partial charge in [0.25, 0.3) is 5.91 Å². The Hall–Kier alpha value is -2.39. The van der Waals surface area contributed by atoms with Gasteiger partial charge in [0.2, 0.25) is 0 Å². The average Bonchev–Trinajstić information content (AvgIpc) is 3.83. The third-order valence-corrected chi connectivity index (χ3v) is 12.6. The summed E-state index contributed by atoms with van der Waals surface area (Å²) < 4.78 is 11.6. The fourth-order valence-corrected chi connectivity index (χ4v) is 8.53.